The van der Waals surface area contributed by atoms with Gasteiger partial charge in [0.15, 0.2) is 5.58 Å². The first-order valence-corrected chi connectivity index (χ1v) is 6.68. The van der Waals surface area contributed by atoms with Crippen molar-refractivity contribution in [2.24, 2.45) is 0 Å². The van der Waals surface area contributed by atoms with Crippen LogP contribution in [0.3, 0.4) is 0 Å². The van der Waals surface area contributed by atoms with Crippen LogP contribution in [0.2, 0.25) is 0 Å². The molecule has 0 N–H and O–H groups in total. The molecule has 0 saturated heterocycles. The van der Waals surface area contributed by atoms with Gasteiger partial charge in [-0.3, -0.25) is 0 Å². The first-order chi connectivity index (χ1) is 9.17. The van der Waals surface area contributed by atoms with Crippen LogP contribution in [-0.2, 0) is 0 Å². The molecule has 4 heteroatoms. The average molecular weight is 318 g/mol. The molecule has 0 bridgehead atoms. The zero-order chi connectivity index (χ0) is 13.4. The molecule has 0 unspecified atom stereocenters. The van der Waals surface area contributed by atoms with Gasteiger partial charge >= 0.3 is 0 Å². The zero-order valence-corrected chi connectivity index (χ0v) is 12.2. The van der Waals surface area contributed by atoms with Crippen LogP contribution in [0.5, 0.6) is 5.75 Å². The summed E-state index contributed by atoms with van der Waals surface area (Å²) in [5, 5.41) is 0. The fraction of sp³-hybridized carbons (Fsp3) is 0.133. The number of methoxy groups -OCH3 is 1. The lowest BCUT2D eigenvalue weighted by Crippen LogP contribution is -1.82. The fourth-order valence-corrected chi connectivity index (χ4v) is 2.63. The molecular formula is C15H12BrNO2. The third-order valence-corrected chi connectivity index (χ3v) is 3.52. The molecule has 0 spiro atoms. The first kappa shape index (κ1) is 12.2. The van der Waals surface area contributed by atoms with E-state index in [0.717, 1.165) is 32.4 Å². The van der Waals surface area contributed by atoms with Gasteiger partial charge in [0.05, 0.1) is 11.6 Å². The van der Waals surface area contributed by atoms with Crippen molar-refractivity contribution in [3.05, 3.63) is 46.4 Å². The number of hydrogen-bond donors (Lipinski definition) is 0. The number of hydrogen-bond acceptors (Lipinski definition) is 3. The Morgan fingerprint density at radius 3 is 2.58 bits per heavy atom. The van der Waals surface area contributed by atoms with Crippen LogP contribution >= 0.6 is 15.9 Å². The molecule has 19 heavy (non-hydrogen) atoms. The largest absolute Gasteiger partial charge is 0.497 e. The van der Waals surface area contributed by atoms with Crippen molar-refractivity contribution in [2.75, 3.05) is 7.11 Å². The number of nitrogens with zero attached hydrogens (tertiary/aromatic N) is 1. The van der Waals surface area contributed by atoms with Gasteiger partial charge in [-0.2, -0.15) is 0 Å². The van der Waals surface area contributed by atoms with E-state index < -0.39 is 0 Å². The van der Waals surface area contributed by atoms with Gasteiger partial charge in [-0.25, -0.2) is 4.98 Å². The molecule has 0 radical (unpaired) electrons. The zero-order valence-electron chi connectivity index (χ0n) is 10.6. The molecule has 0 aliphatic carbocycles. The minimum Gasteiger partial charge on any atom is -0.497 e. The first-order valence-electron chi connectivity index (χ1n) is 5.88. The summed E-state index contributed by atoms with van der Waals surface area (Å²) in [6.07, 6.45) is 0. The van der Waals surface area contributed by atoms with E-state index in [0.29, 0.717) is 5.89 Å². The predicted octanol–water partition coefficient (Wildman–Crippen LogP) is 4.57. The number of halogens is 1. The monoisotopic (exact) mass is 317 g/mol. The highest BCUT2D eigenvalue weighted by Crippen LogP contribution is 2.31. The molecule has 96 valence electrons. The smallest absolute Gasteiger partial charge is 0.227 e. The van der Waals surface area contributed by atoms with Crippen LogP contribution in [0.15, 0.2) is 45.3 Å². The van der Waals surface area contributed by atoms with E-state index in [2.05, 4.69) is 20.9 Å². The third-order valence-electron chi connectivity index (χ3n) is 2.93. The van der Waals surface area contributed by atoms with Crippen LogP contribution < -0.4 is 4.74 Å². The van der Waals surface area contributed by atoms with E-state index in [1.165, 1.54) is 0 Å². The van der Waals surface area contributed by atoms with Crippen LogP contribution in [0.4, 0.5) is 0 Å². The van der Waals surface area contributed by atoms with Gasteiger partial charge in [0.25, 0.3) is 0 Å². The Hall–Kier alpha value is -1.81. The van der Waals surface area contributed by atoms with E-state index in [1.54, 1.807) is 7.11 Å². The number of ether oxygens (including phenoxy) is 1. The van der Waals surface area contributed by atoms with E-state index in [1.807, 2.05) is 43.3 Å². The normalized spacial score (nSPS) is 10.9. The Morgan fingerprint density at radius 1 is 1.16 bits per heavy atom. The molecule has 3 rings (SSSR count). The van der Waals surface area contributed by atoms with Crippen LogP contribution in [0.1, 0.15) is 5.56 Å². The van der Waals surface area contributed by atoms with Gasteiger partial charge in [0.1, 0.15) is 11.3 Å². The molecule has 0 aliphatic rings. The van der Waals surface area contributed by atoms with Crippen molar-refractivity contribution in [2.45, 2.75) is 6.92 Å². The van der Waals surface area contributed by atoms with Gasteiger partial charge in [0.2, 0.25) is 5.89 Å². The second-order valence-electron chi connectivity index (χ2n) is 4.34. The highest BCUT2D eigenvalue weighted by molar-refractivity contribution is 9.10. The maximum atomic E-state index is 5.81. The Balaban J connectivity index is 2.12. The Labute approximate surface area is 119 Å². The molecule has 0 saturated carbocycles. The Bertz CT molecular complexity index is 732. The summed E-state index contributed by atoms with van der Waals surface area (Å²) in [5.41, 5.74) is 3.71. The van der Waals surface area contributed by atoms with Crippen molar-refractivity contribution in [3.8, 4) is 17.2 Å². The van der Waals surface area contributed by atoms with Crippen molar-refractivity contribution < 1.29 is 9.15 Å². The summed E-state index contributed by atoms with van der Waals surface area (Å²) < 4.78 is 11.9. The summed E-state index contributed by atoms with van der Waals surface area (Å²) >= 11 is 3.50. The SMILES string of the molecule is COc1ccc(-c2nc3cc(C)cc(Br)c3o2)cc1. The second-order valence-corrected chi connectivity index (χ2v) is 5.20. The number of aromatic nitrogens is 1. The molecule has 0 fully saturated rings. The van der Waals surface area contributed by atoms with Crippen molar-refractivity contribution in [1.29, 1.82) is 0 Å². The lowest BCUT2D eigenvalue weighted by molar-refractivity contribution is 0.415. The number of rotatable bonds is 2. The molecule has 3 aromatic rings. The van der Waals surface area contributed by atoms with E-state index >= 15 is 0 Å². The summed E-state index contributed by atoms with van der Waals surface area (Å²) in [7, 11) is 1.65. The van der Waals surface area contributed by atoms with Gasteiger partial charge in [0, 0.05) is 5.56 Å². The molecule has 1 heterocycles. The quantitative estimate of drug-likeness (QED) is 0.694. The van der Waals surface area contributed by atoms with Gasteiger partial charge in [-0.1, -0.05) is 0 Å². The highest BCUT2D eigenvalue weighted by atomic mass is 79.9. The minimum absolute atomic E-state index is 0.615. The summed E-state index contributed by atoms with van der Waals surface area (Å²) in [4.78, 5) is 4.52. The summed E-state index contributed by atoms with van der Waals surface area (Å²) in [6, 6.07) is 11.7. The molecule has 3 nitrogen and oxygen atoms in total. The topological polar surface area (TPSA) is 35.3 Å². The molecule has 2 aromatic carbocycles. The lowest BCUT2D eigenvalue weighted by Gasteiger charge is -1.99. The summed E-state index contributed by atoms with van der Waals surface area (Å²) in [6.45, 7) is 2.03. The van der Waals surface area contributed by atoms with Crippen molar-refractivity contribution in [3.63, 3.8) is 0 Å². The maximum absolute atomic E-state index is 5.81. The standard InChI is InChI=1S/C15H12BrNO2/c1-9-7-12(16)14-13(8-9)17-15(19-14)10-3-5-11(18-2)6-4-10/h3-8H,1-2H3. The molecule has 0 atom stereocenters. The number of fused-ring (bicyclic) bond motifs is 1. The van der Waals surface area contributed by atoms with Crippen molar-refractivity contribution >= 4 is 27.0 Å². The number of aryl methyl sites for hydroxylation is 1. The molecular weight excluding hydrogens is 306 g/mol. The molecule has 0 aliphatic heterocycles. The highest BCUT2D eigenvalue weighted by Gasteiger charge is 2.11. The molecule has 0 amide bonds. The van der Waals surface area contributed by atoms with Crippen LogP contribution in [-0.4, -0.2) is 12.1 Å². The Kier molecular flexibility index (Phi) is 3.03. The number of benzene rings is 2. The Morgan fingerprint density at radius 2 is 1.89 bits per heavy atom. The van der Waals surface area contributed by atoms with Crippen molar-refractivity contribution in [1.82, 2.24) is 4.98 Å². The van der Waals surface area contributed by atoms with E-state index in [4.69, 9.17) is 9.15 Å². The average Bonchev–Trinajstić information content (AvgIpc) is 2.83. The lowest BCUT2D eigenvalue weighted by atomic mass is 10.2. The minimum atomic E-state index is 0.615. The van der Waals surface area contributed by atoms with Gasteiger partial charge in [-0.15, -0.1) is 0 Å². The predicted molar refractivity (Wildman–Crippen MR) is 78.4 cm³/mol. The summed E-state index contributed by atoms with van der Waals surface area (Å²) in [5.74, 6) is 1.43. The molecule has 1 aromatic heterocycles. The van der Waals surface area contributed by atoms with Gasteiger partial charge in [-0.05, 0) is 64.8 Å². The second kappa shape index (κ2) is 4.70. The fourth-order valence-electron chi connectivity index (χ4n) is 1.98. The maximum Gasteiger partial charge on any atom is 0.227 e. The van der Waals surface area contributed by atoms with Crippen LogP contribution in [0, 0.1) is 6.92 Å². The third kappa shape index (κ3) is 2.24. The van der Waals surface area contributed by atoms with E-state index in [-0.39, 0.29) is 0 Å². The van der Waals surface area contributed by atoms with Gasteiger partial charge < -0.3 is 9.15 Å². The number of oxazole rings is 1. The van der Waals surface area contributed by atoms with E-state index in [9.17, 15) is 0 Å². The van der Waals surface area contributed by atoms with Crippen LogP contribution in [0.25, 0.3) is 22.6 Å².